The fourth-order valence-corrected chi connectivity index (χ4v) is 4.88. The van der Waals surface area contributed by atoms with Gasteiger partial charge in [-0.25, -0.2) is 9.78 Å². The largest absolute Gasteiger partial charge is 0.493 e. The molecule has 11 nitrogen and oxygen atoms in total. The summed E-state index contributed by atoms with van der Waals surface area (Å²) in [7, 11) is 1.36. The first-order valence-corrected chi connectivity index (χ1v) is 13.1. The lowest BCUT2D eigenvalue weighted by atomic mass is 9.87. The van der Waals surface area contributed by atoms with Crippen molar-refractivity contribution in [2.24, 2.45) is 17.8 Å². The van der Waals surface area contributed by atoms with Crippen LogP contribution < -0.4 is 14.8 Å². The summed E-state index contributed by atoms with van der Waals surface area (Å²) < 4.78 is 27.8. The van der Waals surface area contributed by atoms with Gasteiger partial charge in [0.15, 0.2) is 17.5 Å². The molecule has 11 heteroatoms. The number of rotatable bonds is 8. The lowest BCUT2D eigenvalue weighted by molar-refractivity contribution is -0.174. The number of hydrogen-bond donors (Lipinski definition) is 1. The summed E-state index contributed by atoms with van der Waals surface area (Å²) in [5, 5.41) is 2.57. The monoisotopic (exact) mass is 534 g/mol. The van der Waals surface area contributed by atoms with E-state index in [2.05, 4.69) is 10.3 Å². The van der Waals surface area contributed by atoms with Crippen molar-refractivity contribution in [1.29, 1.82) is 0 Å². The lowest BCUT2D eigenvalue weighted by Crippen LogP contribution is -2.47. The van der Waals surface area contributed by atoms with Gasteiger partial charge in [0, 0.05) is 25.1 Å². The van der Waals surface area contributed by atoms with Crippen LogP contribution in [0.3, 0.4) is 0 Å². The Balaban J connectivity index is 1.80. The smallest absolute Gasteiger partial charge is 0.331 e. The normalized spacial score (nSPS) is 24.5. The Hall–Kier alpha value is -3.21. The van der Waals surface area contributed by atoms with Gasteiger partial charge < -0.3 is 29.0 Å². The van der Waals surface area contributed by atoms with E-state index in [0.717, 1.165) is 19.3 Å². The molecular weight excluding hydrogens is 496 g/mol. The number of methoxy groups -OCH3 is 1. The van der Waals surface area contributed by atoms with Crippen LogP contribution in [0.5, 0.6) is 11.5 Å². The highest BCUT2D eigenvalue weighted by Gasteiger charge is 2.39. The summed E-state index contributed by atoms with van der Waals surface area (Å²) in [6, 6.07) is 0.270. The minimum absolute atomic E-state index is 0.131. The van der Waals surface area contributed by atoms with E-state index in [0.29, 0.717) is 5.92 Å². The van der Waals surface area contributed by atoms with E-state index >= 15 is 0 Å². The highest BCUT2D eigenvalue weighted by Crippen LogP contribution is 2.34. The number of nitrogens with zero attached hydrogens (tertiary/aromatic N) is 1. The van der Waals surface area contributed by atoms with E-state index in [4.69, 9.17) is 23.7 Å². The number of carbonyl (C=O) groups excluding carboxylic acids is 4. The molecule has 4 atom stereocenters. The van der Waals surface area contributed by atoms with Gasteiger partial charge in [-0.3, -0.25) is 14.4 Å². The summed E-state index contributed by atoms with van der Waals surface area (Å²) >= 11 is 0. The van der Waals surface area contributed by atoms with E-state index < -0.39 is 36.1 Å². The zero-order chi connectivity index (χ0) is 27.8. The quantitative estimate of drug-likeness (QED) is 0.495. The number of amides is 1. The molecule has 1 aliphatic heterocycles. The first-order chi connectivity index (χ1) is 18.1. The Kier molecular flexibility index (Phi) is 10.5. The number of carbonyl (C=O) groups is 4. The van der Waals surface area contributed by atoms with Gasteiger partial charge in [0.1, 0.15) is 12.2 Å². The molecule has 0 aromatic carbocycles. The molecule has 0 spiro atoms. The fraction of sp³-hybridized carbons (Fsp3) is 0.667. The highest BCUT2D eigenvalue weighted by molar-refractivity contribution is 5.98. The second kappa shape index (κ2) is 13.5. The fourth-order valence-electron chi connectivity index (χ4n) is 4.88. The van der Waals surface area contributed by atoms with Crippen molar-refractivity contribution < 1.29 is 42.9 Å². The van der Waals surface area contributed by atoms with E-state index in [1.807, 2.05) is 0 Å². The van der Waals surface area contributed by atoms with Crippen LogP contribution in [-0.4, -0.2) is 67.4 Å². The summed E-state index contributed by atoms with van der Waals surface area (Å²) in [5.41, 5.74) is -0.233. The summed E-state index contributed by atoms with van der Waals surface area (Å²) in [6.45, 7) is 6.44. The maximum Gasteiger partial charge on any atom is 0.331 e. The Labute approximate surface area is 222 Å². The van der Waals surface area contributed by atoms with E-state index in [1.54, 1.807) is 20.8 Å². The first kappa shape index (κ1) is 29.3. The van der Waals surface area contributed by atoms with Gasteiger partial charge >= 0.3 is 17.9 Å². The molecule has 38 heavy (non-hydrogen) atoms. The first-order valence-electron chi connectivity index (χ1n) is 13.1. The van der Waals surface area contributed by atoms with E-state index in [9.17, 15) is 19.2 Å². The molecule has 3 rings (SSSR count). The molecule has 1 saturated heterocycles. The summed E-state index contributed by atoms with van der Waals surface area (Å²) in [5.74, 6) is -2.62. The predicted molar refractivity (Wildman–Crippen MR) is 135 cm³/mol. The lowest BCUT2D eigenvalue weighted by Gasteiger charge is -2.32. The molecule has 1 aliphatic carbocycles. The van der Waals surface area contributed by atoms with Crippen LogP contribution in [0, 0.1) is 17.8 Å². The molecule has 1 saturated carbocycles. The van der Waals surface area contributed by atoms with Gasteiger partial charge in [0.2, 0.25) is 5.75 Å². The average Bonchev–Trinajstić information content (AvgIpc) is 3.39. The maximum atomic E-state index is 13.1. The molecule has 210 valence electrons. The van der Waals surface area contributed by atoms with Crippen molar-refractivity contribution in [3.63, 3.8) is 0 Å². The minimum Gasteiger partial charge on any atom is -0.493 e. The van der Waals surface area contributed by atoms with Gasteiger partial charge in [0.05, 0.1) is 26.2 Å². The van der Waals surface area contributed by atoms with Gasteiger partial charge in [-0.05, 0) is 19.3 Å². The van der Waals surface area contributed by atoms with Crippen molar-refractivity contribution in [2.45, 2.75) is 78.0 Å². The van der Waals surface area contributed by atoms with Crippen LogP contribution in [0.25, 0.3) is 0 Å². The number of hydrogen-bond acceptors (Lipinski definition) is 10. The molecule has 0 bridgehead atoms. The standard InChI is InChI=1S/C27H38N2O9/c1-15(2)26(32)38-23-16(3)36-27(33)20(14-35-13-19(23)12-18-8-6-7-9-18)29-25(31)22-24(37-17(4)30)21(34-5)10-11-28-22/h10-11,15-16,18-20,23H,6-9,12-14H2,1-5H3,(H,29,31). The Morgan fingerprint density at radius 3 is 2.53 bits per heavy atom. The molecule has 2 aliphatic rings. The van der Waals surface area contributed by atoms with Crippen LogP contribution in [0.2, 0.25) is 0 Å². The number of esters is 3. The number of aromatic nitrogens is 1. The number of ether oxygens (including phenoxy) is 5. The Bertz CT molecular complexity index is 1010. The number of nitrogens with one attached hydrogen (secondary N) is 1. The second-order valence-corrected chi connectivity index (χ2v) is 10.2. The Morgan fingerprint density at radius 2 is 1.89 bits per heavy atom. The third kappa shape index (κ3) is 7.66. The zero-order valence-electron chi connectivity index (χ0n) is 22.7. The van der Waals surface area contributed by atoms with Crippen LogP contribution in [0.15, 0.2) is 12.3 Å². The van der Waals surface area contributed by atoms with Gasteiger partial charge in [0.25, 0.3) is 5.91 Å². The molecule has 0 radical (unpaired) electrons. The van der Waals surface area contributed by atoms with Crippen LogP contribution in [-0.2, 0) is 28.6 Å². The molecular formula is C27H38N2O9. The SMILES string of the molecule is COc1ccnc(C(=O)NC2COCC(CC3CCCC3)C(OC(=O)C(C)C)C(C)OC2=O)c1OC(C)=O. The maximum absolute atomic E-state index is 13.1. The zero-order valence-corrected chi connectivity index (χ0v) is 22.7. The third-order valence-corrected chi connectivity index (χ3v) is 6.82. The van der Waals surface area contributed by atoms with Crippen molar-refractivity contribution >= 4 is 23.8 Å². The molecule has 4 unspecified atom stereocenters. The van der Waals surface area contributed by atoms with Gasteiger partial charge in [-0.1, -0.05) is 39.5 Å². The van der Waals surface area contributed by atoms with Gasteiger partial charge in [-0.2, -0.15) is 0 Å². The van der Waals surface area contributed by atoms with Crippen molar-refractivity contribution in [2.75, 3.05) is 20.3 Å². The number of cyclic esters (lactones) is 1. The third-order valence-electron chi connectivity index (χ3n) is 6.82. The van der Waals surface area contributed by atoms with Crippen molar-refractivity contribution in [3.8, 4) is 11.5 Å². The average molecular weight is 535 g/mol. The molecule has 1 N–H and O–H groups in total. The van der Waals surface area contributed by atoms with Crippen LogP contribution in [0.4, 0.5) is 0 Å². The molecule has 2 fully saturated rings. The molecule has 1 aromatic heterocycles. The Morgan fingerprint density at radius 1 is 1.18 bits per heavy atom. The molecule has 1 aromatic rings. The van der Waals surface area contributed by atoms with E-state index in [1.165, 1.54) is 39.1 Å². The summed E-state index contributed by atoms with van der Waals surface area (Å²) in [4.78, 5) is 54.4. The van der Waals surface area contributed by atoms with E-state index in [-0.39, 0.29) is 48.2 Å². The van der Waals surface area contributed by atoms with Crippen LogP contribution >= 0.6 is 0 Å². The predicted octanol–water partition coefficient (Wildman–Crippen LogP) is 2.84. The molecule has 2 heterocycles. The minimum atomic E-state index is -1.17. The van der Waals surface area contributed by atoms with Crippen LogP contribution in [0.1, 0.15) is 70.3 Å². The van der Waals surface area contributed by atoms with Crippen molar-refractivity contribution in [3.05, 3.63) is 18.0 Å². The second-order valence-electron chi connectivity index (χ2n) is 10.2. The van der Waals surface area contributed by atoms with Gasteiger partial charge in [-0.15, -0.1) is 0 Å². The van der Waals surface area contributed by atoms with Crippen molar-refractivity contribution in [1.82, 2.24) is 10.3 Å². The molecule has 1 amide bonds. The number of pyridine rings is 1. The summed E-state index contributed by atoms with van der Waals surface area (Å²) in [6.07, 6.45) is 5.21. The highest BCUT2D eigenvalue weighted by atomic mass is 16.6. The topological polar surface area (TPSA) is 139 Å².